The molecule has 3 aromatic rings. The Morgan fingerprint density at radius 1 is 0.842 bits per heavy atom. The molecule has 1 aromatic heterocycles. The summed E-state index contributed by atoms with van der Waals surface area (Å²) in [5.41, 5.74) is 2.07. The van der Waals surface area contributed by atoms with Crippen LogP contribution < -0.4 is 25.2 Å². The standard InChI is InChI=1S/C40H43ClN10O6/c41-33-22-30(5-1-26(33)23-42)57-29-6-2-27(3-7-29)43-37(53)34-9-10-35(46-45-34)49-14-11-25(12-15-49)24-47-17-19-48(20-18-47)28-4-8-31-32(21-28)39(55)51(38(31)54)50-16-13-36(52)44-40(50)56/h1,4-5,8-10,21-22,25,27,29H,2-3,6-7,11-20,24H2,(H,43,53)(H,44,52,56). The summed E-state index contributed by atoms with van der Waals surface area (Å²) in [5, 5.41) is 25.2. The molecule has 57 heavy (non-hydrogen) atoms. The molecule has 2 N–H and O–H groups in total. The summed E-state index contributed by atoms with van der Waals surface area (Å²) in [6.45, 7) is 5.98. The van der Waals surface area contributed by atoms with Gasteiger partial charge >= 0.3 is 6.03 Å². The van der Waals surface area contributed by atoms with Gasteiger partial charge in [0, 0.05) is 70.0 Å². The van der Waals surface area contributed by atoms with Crippen molar-refractivity contribution < 1.29 is 28.7 Å². The molecule has 4 fully saturated rings. The van der Waals surface area contributed by atoms with Crippen LogP contribution in [0.5, 0.6) is 5.75 Å². The normalized spacial score (nSPS) is 22.0. The third-order valence-corrected chi connectivity index (χ3v) is 11.9. The first-order valence-corrected chi connectivity index (χ1v) is 19.9. The van der Waals surface area contributed by atoms with Crippen LogP contribution in [0.3, 0.4) is 0 Å². The fourth-order valence-electron chi connectivity index (χ4n) is 8.33. The van der Waals surface area contributed by atoms with Gasteiger partial charge in [-0.1, -0.05) is 11.6 Å². The van der Waals surface area contributed by atoms with E-state index >= 15 is 0 Å². The van der Waals surface area contributed by atoms with Crippen LogP contribution in [0.1, 0.15) is 81.7 Å². The van der Waals surface area contributed by atoms with Crippen LogP contribution in [0.25, 0.3) is 0 Å². The van der Waals surface area contributed by atoms with Crippen molar-refractivity contribution in [1.82, 2.24) is 35.7 Å². The van der Waals surface area contributed by atoms with E-state index in [1.54, 1.807) is 36.4 Å². The number of hydrazine groups is 1. The number of rotatable bonds is 9. The molecule has 1 aliphatic carbocycles. The second kappa shape index (κ2) is 16.4. The number of anilines is 2. The van der Waals surface area contributed by atoms with Gasteiger partial charge in [0.05, 0.1) is 34.4 Å². The fraction of sp³-hybridized carbons (Fsp3) is 0.450. The SMILES string of the molecule is N#Cc1ccc(OC2CCC(NC(=O)c3ccc(N4CCC(CN5CCN(c6ccc7c(c6)C(=O)N(N6CCC(=O)NC6=O)C7=O)CC5)CC4)nn3)CC2)cc1Cl. The molecular weight excluding hydrogens is 752 g/mol. The van der Waals surface area contributed by atoms with Crippen molar-refractivity contribution in [2.75, 3.05) is 62.2 Å². The van der Waals surface area contributed by atoms with Crippen LogP contribution in [0, 0.1) is 17.2 Å². The molecule has 8 rings (SSSR count). The second-order valence-corrected chi connectivity index (χ2v) is 15.6. The smallest absolute Gasteiger partial charge is 0.343 e. The van der Waals surface area contributed by atoms with Crippen molar-refractivity contribution in [1.29, 1.82) is 5.26 Å². The molecule has 3 saturated heterocycles. The number of hydrogen-bond acceptors (Lipinski definition) is 12. The minimum absolute atomic E-state index is 0.0138. The number of benzene rings is 2. The Labute approximate surface area is 334 Å². The third-order valence-electron chi connectivity index (χ3n) is 11.6. The number of nitrogens with one attached hydrogen (secondary N) is 2. The van der Waals surface area contributed by atoms with Gasteiger partial charge in [-0.3, -0.25) is 29.4 Å². The predicted octanol–water partition coefficient (Wildman–Crippen LogP) is 3.61. The van der Waals surface area contributed by atoms with Gasteiger partial charge in [-0.2, -0.15) is 10.3 Å². The number of urea groups is 1. The predicted molar refractivity (Wildman–Crippen MR) is 208 cm³/mol. The van der Waals surface area contributed by atoms with Crippen molar-refractivity contribution in [2.24, 2.45) is 5.92 Å². The Morgan fingerprint density at radius 3 is 2.28 bits per heavy atom. The number of piperidine rings is 1. The van der Waals surface area contributed by atoms with E-state index in [0.29, 0.717) is 27.9 Å². The van der Waals surface area contributed by atoms with Crippen molar-refractivity contribution in [3.05, 3.63) is 75.9 Å². The zero-order valence-corrected chi connectivity index (χ0v) is 32.1. The van der Waals surface area contributed by atoms with Gasteiger partial charge in [0.1, 0.15) is 11.8 Å². The third kappa shape index (κ3) is 8.21. The summed E-state index contributed by atoms with van der Waals surface area (Å²) < 4.78 is 6.07. The first-order chi connectivity index (χ1) is 27.6. The van der Waals surface area contributed by atoms with Crippen LogP contribution in [0.4, 0.5) is 16.3 Å². The number of ether oxygens (including phenoxy) is 1. The second-order valence-electron chi connectivity index (χ2n) is 15.2. The van der Waals surface area contributed by atoms with Gasteiger partial charge in [-0.15, -0.1) is 10.2 Å². The van der Waals surface area contributed by atoms with E-state index in [4.69, 9.17) is 21.6 Å². The maximum absolute atomic E-state index is 13.3. The van der Waals surface area contributed by atoms with Crippen molar-refractivity contribution in [3.63, 3.8) is 0 Å². The molecule has 0 spiro atoms. The number of amides is 6. The van der Waals surface area contributed by atoms with Gasteiger partial charge in [0.15, 0.2) is 11.5 Å². The molecule has 5 aliphatic rings. The molecule has 0 radical (unpaired) electrons. The quantitative estimate of drug-likeness (QED) is 0.301. The van der Waals surface area contributed by atoms with E-state index in [-0.39, 0.29) is 42.1 Å². The molecule has 296 valence electrons. The number of imide groups is 2. The number of nitriles is 1. The number of hydrogen-bond donors (Lipinski definition) is 2. The molecule has 17 heteroatoms. The fourth-order valence-corrected chi connectivity index (χ4v) is 8.54. The molecule has 5 heterocycles. The summed E-state index contributed by atoms with van der Waals surface area (Å²) in [7, 11) is 0. The molecule has 0 bridgehead atoms. The van der Waals surface area contributed by atoms with Crippen molar-refractivity contribution in [3.8, 4) is 11.8 Å². The topological polar surface area (TPSA) is 184 Å². The Bertz CT molecular complexity index is 2100. The lowest BCUT2D eigenvalue weighted by Gasteiger charge is -2.39. The monoisotopic (exact) mass is 794 g/mol. The Morgan fingerprint density at radius 2 is 1.60 bits per heavy atom. The molecular formula is C40H43ClN10O6. The van der Waals surface area contributed by atoms with E-state index in [2.05, 4.69) is 35.5 Å². The molecule has 0 atom stereocenters. The average molecular weight is 795 g/mol. The van der Waals surface area contributed by atoms with Gasteiger partial charge in [-0.25, -0.2) is 9.80 Å². The maximum atomic E-state index is 13.3. The van der Waals surface area contributed by atoms with Crippen LogP contribution >= 0.6 is 11.6 Å². The zero-order chi connectivity index (χ0) is 39.6. The Hall–Kier alpha value is -5.79. The average Bonchev–Trinajstić information content (AvgIpc) is 3.47. The zero-order valence-electron chi connectivity index (χ0n) is 31.4. The summed E-state index contributed by atoms with van der Waals surface area (Å²) in [4.78, 5) is 70.2. The molecule has 2 aromatic carbocycles. The first-order valence-electron chi connectivity index (χ1n) is 19.5. The number of carbonyl (C=O) groups is 5. The van der Waals surface area contributed by atoms with Crippen LogP contribution in [-0.2, 0) is 4.79 Å². The minimum atomic E-state index is -0.779. The Balaban J connectivity index is 0.753. The minimum Gasteiger partial charge on any atom is -0.490 e. The summed E-state index contributed by atoms with van der Waals surface area (Å²) in [5.74, 6) is 0.150. The highest BCUT2D eigenvalue weighted by Gasteiger charge is 2.43. The molecule has 6 amide bonds. The van der Waals surface area contributed by atoms with E-state index < -0.39 is 23.8 Å². The van der Waals surface area contributed by atoms with E-state index in [1.165, 1.54) is 0 Å². The highest BCUT2D eigenvalue weighted by atomic mass is 35.5. The Kier molecular flexibility index (Phi) is 10.9. The summed E-state index contributed by atoms with van der Waals surface area (Å²) in [6.07, 6.45) is 5.22. The summed E-state index contributed by atoms with van der Waals surface area (Å²) >= 11 is 6.14. The first kappa shape index (κ1) is 38.1. The lowest BCUT2D eigenvalue weighted by Crippen LogP contribution is -2.58. The number of aromatic nitrogens is 2. The van der Waals surface area contributed by atoms with Gasteiger partial charge in [-0.05, 0) is 86.9 Å². The highest BCUT2D eigenvalue weighted by Crippen LogP contribution is 2.31. The number of nitrogens with zero attached hydrogens (tertiary/aromatic N) is 8. The largest absolute Gasteiger partial charge is 0.490 e. The van der Waals surface area contributed by atoms with Gasteiger partial charge in [0.25, 0.3) is 17.7 Å². The number of carbonyl (C=O) groups excluding carboxylic acids is 5. The number of halogens is 1. The van der Waals surface area contributed by atoms with Crippen LogP contribution in [0.2, 0.25) is 5.02 Å². The van der Waals surface area contributed by atoms with Crippen molar-refractivity contribution >= 4 is 52.8 Å². The lowest BCUT2D eigenvalue weighted by atomic mass is 9.93. The van der Waals surface area contributed by atoms with E-state index in [1.807, 2.05) is 18.2 Å². The molecule has 4 aliphatic heterocycles. The van der Waals surface area contributed by atoms with Gasteiger partial charge in [0.2, 0.25) is 5.91 Å². The number of fused-ring (bicyclic) bond motifs is 1. The van der Waals surface area contributed by atoms with Gasteiger partial charge < -0.3 is 19.9 Å². The summed E-state index contributed by atoms with van der Waals surface area (Å²) in [6, 6.07) is 15.2. The van der Waals surface area contributed by atoms with E-state index in [9.17, 15) is 24.0 Å². The number of piperazine rings is 1. The van der Waals surface area contributed by atoms with E-state index in [0.717, 1.165) is 106 Å². The highest BCUT2D eigenvalue weighted by molar-refractivity contribution is 6.31. The van der Waals surface area contributed by atoms with Crippen LogP contribution in [-0.4, -0.2) is 119 Å². The molecule has 16 nitrogen and oxygen atoms in total. The molecule has 1 saturated carbocycles. The van der Waals surface area contributed by atoms with Crippen molar-refractivity contribution in [2.45, 2.75) is 57.1 Å². The lowest BCUT2D eigenvalue weighted by molar-refractivity contribution is -0.122. The van der Waals surface area contributed by atoms with Crippen LogP contribution in [0.15, 0.2) is 48.5 Å². The maximum Gasteiger partial charge on any atom is 0.343 e. The molecule has 0 unspecified atom stereocenters.